The minimum Gasteiger partial charge on any atom is -0.485 e. The van der Waals surface area contributed by atoms with E-state index in [4.69, 9.17) is 9.47 Å². The van der Waals surface area contributed by atoms with E-state index in [1.54, 1.807) is 12.1 Å². The highest BCUT2D eigenvalue weighted by atomic mass is 28.3. The molecule has 1 heterocycles. The molecule has 1 aliphatic rings. The Kier molecular flexibility index (Phi) is 5.27. The molecule has 3 rings (SSSR count). The number of carbonyl (C=O) groups is 1. The quantitative estimate of drug-likeness (QED) is 0.552. The highest BCUT2D eigenvalue weighted by Crippen LogP contribution is 2.32. The van der Waals surface area contributed by atoms with E-state index in [9.17, 15) is 4.79 Å². The summed E-state index contributed by atoms with van der Waals surface area (Å²) in [6.07, 6.45) is 0. The lowest BCUT2D eigenvalue weighted by atomic mass is 10.1. The van der Waals surface area contributed by atoms with Gasteiger partial charge < -0.3 is 9.47 Å². The van der Waals surface area contributed by atoms with Gasteiger partial charge in [0.2, 0.25) is 0 Å². The molecule has 0 bridgehead atoms. The minimum atomic E-state index is -1.20. The van der Waals surface area contributed by atoms with Crippen molar-refractivity contribution < 1.29 is 14.3 Å². The van der Waals surface area contributed by atoms with Gasteiger partial charge in [-0.25, -0.2) is 9.79 Å². The zero-order valence-electron chi connectivity index (χ0n) is 15.8. The first-order valence-electron chi connectivity index (χ1n) is 8.90. The number of nitrogens with zero attached hydrogens (tertiary/aromatic N) is 1. The third-order valence-corrected chi connectivity index (χ3v) is 5.98. The molecular formula is C21H25NO3Si. The molecule has 0 radical (unpaired) electrons. The van der Waals surface area contributed by atoms with E-state index in [-0.39, 0.29) is 5.97 Å². The van der Waals surface area contributed by atoms with Crippen LogP contribution in [0.5, 0.6) is 5.75 Å². The summed E-state index contributed by atoms with van der Waals surface area (Å²) in [6.45, 7) is 9.75. The van der Waals surface area contributed by atoms with Crippen LogP contribution in [0.3, 0.4) is 0 Å². The van der Waals surface area contributed by atoms with Crippen LogP contribution < -0.4 is 4.74 Å². The second-order valence-electron chi connectivity index (χ2n) is 7.84. The first-order valence-corrected chi connectivity index (χ1v) is 12.6. The molecule has 0 aromatic heterocycles. The van der Waals surface area contributed by atoms with Gasteiger partial charge in [0.25, 0.3) is 0 Å². The van der Waals surface area contributed by atoms with Crippen molar-refractivity contribution in [1.29, 1.82) is 0 Å². The van der Waals surface area contributed by atoms with Crippen LogP contribution in [0.1, 0.15) is 21.5 Å². The fourth-order valence-corrected chi connectivity index (χ4v) is 3.35. The van der Waals surface area contributed by atoms with E-state index in [0.717, 1.165) is 34.3 Å². The number of aliphatic imine (C=N–C) groups is 1. The lowest BCUT2D eigenvalue weighted by Gasteiger charge is -2.18. The van der Waals surface area contributed by atoms with Crippen molar-refractivity contribution in [3.05, 3.63) is 59.2 Å². The lowest BCUT2D eigenvalue weighted by Crippen LogP contribution is -2.22. The molecule has 0 atom stereocenters. The predicted molar refractivity (Wildman–Crippen MR) is 108 cm³/mol. The van der Waals surface area contributed by atoms with Gasteiger partial charge in [-0.2, -0.15) is 0 Å². The number of esters is 1. The van der Waals surface area contributed by atoms with Gasteiger partial charge in [0, 0.05) is 8.07 Å². The summed E-state index contributed by atoms with van der Waals surface area (Å²) in [7, 11) is -1.20. The lowest BCUT2D eigenvalue weighted by molar-refractivity contribution is 0.0525. The second kappa shape index (κ2) is 7.46. The van der Waals surface area contributed by atoms with Crippen LogP contribution in [-0.4, -0.2) is 33.0 Å². The monoisotopic (exact) mass is 367 g/mol. The highest BCUT2D eigenvalue weighted by Gasteiger charge is 2.17. The highest BCUT2D eigenvalue weighted by molar-refractivity contribution is 6.76. The Morgan fingerprint density at radius 2 is 1.88 bits per heavy atom. The summed E-state index contributed by atoms with van der Waals surface area (Å²) < 4.78 is 11.2. The van der Waals surface area contributed by atoms with Crippen LogP contribution in [0.15, 0.2) is 47.5 Å². The maximum absolute atomic E-state index is 12.2. The van der Waals surface area contributed by atoms with Gasteiger partial charge in [-0.15, -0.1) is 0 Å². The molecule has 0 saturated heterocycles. The summed E-state index contributed by atoms with van der Waals surface area (Å²) in [5, 5.41) is 0. The van der Waals surface area contributed by atoms with E-state index in [2.05, 4.69) is 24.6 Å². The predicted octanol–water partition coefficient (Wildman–Crippen LogP) is 5.00. The molecular weight excluding hydrogens is 342 g/mol. The molecule has 5 heteroatoms. The fourth-order valence-electron chi connectivity index (χ4n) is 2.63. The molecule has 0 aliphatic carbocycles. The molecule has 2 aromatic rings. The van der Waals surface area contributed by atoms with E-state index in [0.29, 0.717) is 18.8 Å². The number of benzene rings is 2. The number of hydrogen-bond donors (Lipinski definition) is 0. The first kappa shape index (κ1) is 18.4. The van der Waals surface area contributed by atoms with Crippen molar-refractivity contribution in [3.63, 3.8) is 0 Å². The molecule has 1 aliphatic heterocycles. The van der Waals surface area contributed by atoms with Gasteiger partial charge in [-0.1, -0.05) is 37.8 Å². The zero-order valence-corrected chi connectivity index (χ0v) is 16.8. The van der Waals surface area contributed by atoms with Gasteiger partial charge in [0.15, 0.2) is 0 Å². The summed E-state index contributed by atoms with van der Waals surface area (Å²) >= 11 is 0. The van der Waals surface area contributed by atoms with Gasteiger partial charge in [0.05, 0.1) is 17.9 Å². The summed E-state index contributed by atoms with van der Waals surface area (Å²) in [5.41, 5.74) is 4.37. The average Bonchev–Trinajstić information content (AvgIpc) is 2.60. The Hall–Kier alpha value is -2.40. The van der Waals surface area contributed by atoms with Crippen molar-refractivity contribution in [2.24, 2.45) is 4.99 Å². The van der Waals surface area contributed by atoms with E-state index in [1.165, 1.54) is 0 Å². The van der Waals surface area contributed by atoms with Crippen LogP contribution in [0.25, 0.3) is 0 Å². The van der Waals surface area contributed by atoms with Crippen LogP contribution in [0, 0.1) is 6.92 Å². The normalized spacial score (nSPS) is 13.5. The van der Waals surface area contributed by atoms with Gasteiger partial charge in [-0.05, 0) is 48.4 Å². The van der Waals surface area contributed by atoms with Crippen LogP contribution in [0.2, 0.25) is 25.7 Å². The minimum absolute atomic E-state index is 0.266. The van der Waals surface area contributed by atoms with E-state index < -0.39 is 8.07 Å². The van der Waals surface area contributed by atoms with Crippen molar-refractivity contribution in [3.8, 4) is 5.75 Å². The van der Waals surface area contributed by atoms with Crippen molar-refractivity contribution in [2.45, 2.75) is 32.6 Å². The Bertz CT molecular complexity index is 835. The van der Waals surface area contributed by atoms with Crippen molar-refractivity contribution >= 4 is 25.4 Å². The van der Waals surface area contributed by atoms with Gasteiger partial charge in [0.1, 0.15) is 18.0 Å². The van der Waals surface area contributed by atoms with Gasteiger partial charge >= 0.3 is 5.97 Å². The van der Waals surface area contributed by atoms with Crippen LogP contribution >= 0.6 is 0 Å². The van der Waals surface area contributed by atoms with E-state index in [1.807, 2.05) is 37.3 Å². The SMILES string of the molecule is Cc1ccc2c(c1)OCC(c1ccc(C(=O)OCC[Si](C)(C)C)cc1)=N2. The molecule has 0 N–H and O–H groups in total. The number of aryl methyl sites for hydroxylation is 1. The fraction of sp³-hybridized carbons (Fsp3) is 0.333. The number of fused-ring (bicyclic) bond motifs is 1. The van der Waals surface area contributed by atoms with Crippen molar-refractivity contribution in [1.82, 2.24) is 0 Å². The van der Waals surface area contributed by atoms with E-state index >= 15 is 0 Å². The Morgan fingerprint density at radius 3 is 2.58 bits per heavy atom. The molecule has 2 aromatic carbocycles. The number of ether oxygens (including phenoxy) is 2. The van der Waals surface area contributed by atoms with Crippen LogP contribution in [-0.2, 0) is 4.74 Å². The molecule has 0 unspecified atom stereocenters. The third kappa shape index (κ3) is 4.61. The summed E-state index contributed by atoms with van der Waals surface area (Å²) in [6, 6.07) is 14.3. The third-order valence-electron chi connectivity index (χ3n) is 4.27. The second-order valence-corrected chi connectivity index (χ2v) is 13.5. The Balaban J connectivity index is 1.68. The topological polar surface area (TPSA) is 47.9 Å². The molecule has 4 nitrogen and oxygen atoms in total. The van der Waals surface area contributed by atoms with Crippen molar-refractivity contribution in [2.75, 3.05) is 13.2 Å². The Morgan fingerprint density at radius 1 is 1.15 bits per heavy atom. The number of carbonyl (C=O) groups excluding carboxylic acids is 1. The maximum Gasteiger partial charge on any atom is 0.338 e. The summed E-state index contributed by atoms with van der Waals surface area (Å²) in [4.78, 5) is 16.8. The first-order chi connectivity index (χ1) is 12.3. The molecule has 0 fully saturated rings. The zero-order chi connectivity index (χ0) is 18.7. The van der Waals surface area contributed by atoms with Gasteiger partial charge in [-0.3, -0.25) is 0 Å². The molecule has 0 saturated carbocycles. The number of hydrogen-bond acceptors (Lipinski definition) is 4. The standard InChI is InChI=1S/C21H25NO3Si/c1-15-5-10-18-20(13-15)25-14-19(22-18)16-6-8-17(9-7-16)21(23)24-11-12-26(2,3)4/h5-10,13H,11-12,14H2,1-4H3. The molecule has 0 spiro atoms. The Labute approximate surface area is 155 Å². The molecule has 26 heavy (non-hydrogen) atoms. The average molecular weight is 368 g/mol. The summed E-state index contributed by atoms with van der Waals surface area (Å²) in [5.74, 6) is 0.550. The smallest absolute Gasteiger partial charge is 0.338 e. The largest absolute Gasteiger partial charge is 0.485 e. The van der Waals surface area contributed by atoms with Crippen LogP contribution in [0.4, 0.5) is 5.69 Å². The number of rotatable bonds is 5. The molecule has 136 valence electrons. The molecule has 0 amide bonds. The maximum atomic E-state index is 12.2.